The molecule has 7 heteroatoms. The number of hydrogen-bond acceptors (Lipinski definition) is 4. The number of nitrogens with zero attached hydrogens (tertiary/aromatic N) is 2. The molecule has 1 heterocycles. The van der Waals surface area contributed by atoms with Gasteiger partial charge in [-0.3, -0.25) is 4.79 Å². The third kappa shape index (κ3) is 4.35. The van der Waals surface area contributed by atoms with Gasteiger partial charge in [-0.1, -0.05) is 12.1 Å². The summed E-state index contributed by atoms with van der Waals surface area (Å²) in [6, 6.07) is 5.80. The summed E-state index contributed by atoms with van der Waals surface area (Å²) in [6.07, 6.45) is 9.17. The average Bonchev–Trinajstić information content (AvgIpc) is 3.35. The number of amides is 1. The van der Waals surface area contributed by atoms with Crippen LogP contribution >= 0.6 is 0 Å². The van der Waals surface area contributed by atoms with E-state index in [1.807, 2.05) is 25.1 Å². The van der Waals surface area contributed by atoms with Crippen LogP contribution in [0.3, 0.4) is 0 Å². The second kappa shape index (κ2) is 8.36. The predicted molar refractivity (Wildman–Crippen MR) is 121 cm³/mol. The van der Waals surface area contributed by atoms with E-state index in [0.29, 0.717) is 0 Å². The number of rotatable bonds is 5. The van der Waals surface area contributed by atoms with Crippen molar-refractivity contribution < 1.29 is 9.00 Å². The third-order valence-corrected chi connectivity index (χ3v) is 7.02. The molecule has 2 aliphatic carbocycles. The molecule has 0 fully saturated rings. The maximum Gasteiger partial charge on any atom is 0.256 e. The first kappa shape index (κ1) is 20.8. The molecule has 3 N–H and O–H groups in total. The molecule has 0 saturated heterocycles. The Morgan fingerprint density at radius 1 is 1.20 bits per heavy atom. The fraction of sp³-hybridized carbons (Fsp3) is 0.391. The van der Waals surface area contributed by atoms with Crippen molar-refractivity contribution in [3.8, 4) is 0 Å². The van der Waals surface area contributed by atoms with Gasteiger partial charge in [0.2, 0.25) is 0 Å². The number of benzene rings is 1. The van der Waals surface area contributed by atoms with Crippen LogP contribution in [-0.2, 0) is 46.7 Å². The molecule has 1 amide bonds. The van der Waals surface area contributed by atoms with Crippen LogP contribution in [0.2, 0.25) is 0 Å². The van der Waals surface area contributed by atoms with Gasteiger partial charge in [0.25, 0.3) is 5.91 Å². The van der Waals surface area contributed by atoms with E-state index >= 15 is 0 Å². The minimum absolute atomic E-state index is 0.218. The molecule has 2 aromatic rings. The largest absolute Gasteiger partial charge is 0.321 e. The zero-order valence-electron chi connectivity index (χ0n) is 17.5. The number of pyridine rings is 1. The van der Waals surface area contributed by atoms with Crippen LogP contribution in [0.4, 0.5) is 5.69 Å². The average molecular weight is 425 g/mol. The Hall–Kier alpha value is -2.44. The predicted octanol–water partition coefficient (Wildman–Crippen LogP) is 2.23. The van der Waals surface area contributed by atoms with Crippen molar-refractivity contribution in [3.05, 3.63) is 58.3 Å². The van der Waals surface area contributed by atoms with E-state index in [1.54, 1.807) is 12.3 Å². The first-order valence-corrected chi connectivity index (χ1v) is 12.0. The summed E-state index contributed by atoms with van der Waals surface area (Å²) in [5, 5.41) is 11.8. The summed E-state index contributed by atoms with van der Waals surface area (Å²) in [5.41, 5.74) is 7.16. The molecular weight excluding hydrogens is 396 g/mol. The number of anilines is 1. The second-order valence-corrected chi connectivity index (χ2v) is 10.2. The first-order chi connectivity index (χ1) is 14.3. The van der Waals surface area contributed by atoms with Crippen molar-refractivity contribution in [3.63, 3.8) is 0 Å². The van der Waals surface area contributed by atoms with Crippen LogP contribution in [0.1, 0.15) is 40.7 Å². The lowest BCUT2D eigenvalue weighted by Crippen LogP contribution is -2.18. The molecule has 6 nitrogen and oxygen atoms in total. The Labute approximate surface area is 178 Å². The lowest BCUT2D eigenvalue weighted by molar-refractivity contribution is -0.111. The van der Waals surface area contributed by atoms with Gasteiger partial charge >= 0.3 is 0 Å². The number of carbonyl (C=O) groups is 1. The monoisotopic (exact) mass is 424 g/mol. The molecule has 30 heavy (non-hydrogen) atoms. The highest BCUT2D eigenvalue weighted by atomic mass is 32.2. The Morgan fingerprint density at radius 2 is 1.87 bits per heavy atom. The van der Waals surface area contributed by atoms with Crippen molar-refractivity contribution >= 4 is 26.3 Å². The van der Waals surface area contributed by atoms with E-state index in [0.717, 1.165) is 62.4 Å². The van der Waals surface area contributed by atoms with E-state index in [4.69, 9.17) is 5.14 Å². The number of fused-ring (bicyclic) bond motifs is 2. The molecule has 1 atom stereocenters. The van der Waals surface area contributed by atoms with E-state index in [9.17, 15) is 9.00 Å². The van der Waals surface area contributed by atoms with E-state index in [2.05, 4.69) is 21.4 Å². The number of carbonyl (C=O) groups excluding carboxylic acids is 1. The zero-order valence-corrected chi connectivity index (χ0v) is 18.3. The van der Waals surface area contributed by atoms with Gasteiger partial charge in [-0.15, -0.1) is 0 Å². The van der Waals surface area contributed by atoms with E-state index in [1.165, 1.54) is 22.3 Å². The maximum atomic E-state index is 12.8. The van der Waals surface area contributed by atoms with Crippen LogP contribution in [0.5, 0.6) is 0 Å². The lowest BCUT2D eigenvalue weighted by Gasteiger charge is -2.15. The fourth-order valence-electron chi connectivity index (χ4n) is 4.38. The van der Waals surface area contributed by atoms with Crippen LogP contribution in [0.25, 0.3) is 0 Å². The molecule has 0 radical (unpaired) electrons. The van der Waals surface area contributed by atoms with Crippen LogP contribution in [0, 0.1) is 0 Å². The standard InChI is InChI=1S/C23H28N4O2S/c1-27(2)15-16-9-10-22(25-14-16)30(24,29)12-11-21(28)26-23-19-7-3-5-17(19)13-18-6-4-8-20(18)23/h9-11,13-14H,3-8,15H2,1-2H3,(H2,24,29)(H,26,28). The smallest absolute Gasteiger partial charge is 0.256 e. The highest BCUT2D eigenvalue weighted by molar-refractivity contribution is 7.98. The maximum absolute atomic E-state index is 12.8. The Balaban J connectivity index is 1.58. The molecule has 2 aliphatic rings. The van der Waals surface area contributed by atoms with Gasteiger partial charge < -0.3 is 10.2 Å². The van der Waals surface area contributed by atoms with Gasteiger partial charge in [0.1, 0.15) is 14.7 Å². The number of hydrogen-bond donors (Lipinski definition) is 2. The van der Waals surface area contributed by atoms with Crippen molar-refractivity contribution in [2.75, 3.05) is 19.4 Å². The second-order valence-electron chi connectivity index (χ2n) is 8.33. The van der Waals surface area contributed by atoms with Crippen molar-refractivity contribution in [2.45, 2.75) is 50.1 Å². The molecule has 1 aromatic carbocycles. The number of nitrogens with two attached hydrogens (primary N) is 1. The Kier molecular flexibility index (Phi) is 5.80. The highest BCUT2D eigenvalue weighted by Gasteiger charge is 2.24. The number of nitrogens with one attached hydrogen (secondary N) is 1. The van der Waals surface area contributed by atoms with Crippen molar-refractivity contribution in [2.24, 2.45) is 5.14 Å². The van der Waals surface area contributed by atoms with Gasteiger partial charge in [0, 0.05) is 18.4 Å². The van der Waals surface area contributed by atoms with Crippen LogP contribution in [0.15, 0.2) is 35.5 Å². The van der Waals surface area contributed by atoms with Gasteiger partial charge in [-0.25, -0.2) is 14.3 Å². The SMILES string of the molecule is CN(C)Cc1ccc(S(N)(=O)=C=CC(=O)Nc2c3c(cc4c2CCC4)CCC3)nc1. The zero-order chi connectivity index (χ0) is 21.3. The summed E-state index contributed by atoms with van der Waals surface area (Å²) in [6.45, 7) is 0.729. The van der Waals surface area contributed by atoms with Gasteiger partial charge in [-0.05, 0) is 91.5 Å². The lowest BCUT2D eigenvalue weighted by atomic mass is 9.98. The van der Waals surface area contributed by atoms with Crippen LogP contribution in [-0.4, -0.2) is 39.1 Å². The number of aromatic nitrogens is 1. The Bertz CT molecular complexity index is 1110. The molecule has 1 aromatic heterocycles. The van der Waals surface area contributed by atoms with Gasteiger partial charge in [0.15, 0.2) is 0 Å². The molecule has 4 rings (SSSR count). The number of aryl methyl sites for hydroxylation is 2. The van der Waals surface area contributed by atoms with E-state index in [-0.39, 0.29) is 10.9 Å². The minimum atomic E-state index is -3.16. The fourth-order valence-corrected chi connectivity index (χ4v) is 5.26. The topological polar surface area (TPSA) is 88.3 Å². The van der Waals surface area contributed by atoms with E-state index < -0.39 is 9.71 Å². The molecule has 0 aliphatic heterocycles. The third-order valence-electron chi connectivity index (χ3n) is 5.69. The molecule has 0 spiro atoms. The molecule has 0 saturated carbocycles. The molecular formula is C23H28N4O2S. The summed E-state index contributed by atoms with van der Waals surface area (Å²) in [7, 11) is 0.773. The van der Waals surface area contributed by atoms with Crippen LogP contribution < -0.4 is 10.5 Å². The summed E-state index contributed by atoms with van der Waals surface area (Å²) in [5.74, 6) is -0.355. The van der Waals surface area contributed by atoms with Gasteiger partial charge in [-0.2, -0.15) is 0 Å². The normalized spacial score (nSPS) is 16.5. The highest BCUT2D eigenvalue weighted by Crippen LogP contribution is 2.38. The van der Waals surface area contributed by atoms with Crippen molar-refractivity contribution in [1.82, 2.24) is 9.88 Å². The summed E-state index contributed by atoms with van der Waals surface area (Å²) < 4.78 is 12.8. The molecule has 1 unspecified atom stereocenters. The molecule has 158 valence electrons. The van der Waals surface area contributed by atoms with Crippen molar-refractivity contribution in [1.29, 1.82) is 0 Å². The minimum Gasteiger partial charge on any atom is -0.321 e. The first-order valence-electron chi connectivity index (χ1n) is 10.3. The quantitative estimate of drug-likeness (QED) is 0.569. The summed E-state index contributed by atoms with van der Waals surface area (Å²) in [4.78, 5) is 18.9. The Morgan fingerprint density at radius 3 is 2.43 bits per heavy atom. The van der Waals surface area contributed by atoms with Gasteiger partial charge in [0.05, 0.1) is 6.08 Å². The molecule has 0 bridgehead atoms. The summed E-state index contributed by atoms with van der Waals surface area (Å²) >= 11 is 0.